The molecule has 0 radical (unpaired) electrons. The van der Waals surface area contributed by atoms with Crippen LogP contribution in [0.1, 0.15) is 4.88 Å². The number of nitrogens with zero attached hydrogens (tertiary/aromatic N) is 1. The van der Waals surface area contributed by atoms with Gasteiger partial charge in [0.2, 0.25) is 0 Å². The molecule has 3 aromatic rings. The van der Waals surface area contributed by atoms with Gasteiger partial charge in [0.05, 0.1) is 14.8 Å². The molecule has 2 heterocycles. The Morgan fingerprint density at radius 1 is 1.21 bits per heavy atom. The molecule has 0 aliphatic carbocycles. The van der Waals surface area contributed by atoms with Gasteiger partial charge in [-0.1, -0.05) is 15.9 Å². The number of aryl methyl sites for hydroxylation is 2. The Morgan fingerprint density at radius 2 is 2.05 bits per heavy atom. The lowest BCUT2D eigenvalue weighted by Crippen LogP contribution is -2.00. The summed E-state index contributed by atoms with van der Waals surface area (Å²) in [5.41, 5.74) is 2.23. The van der Waals surface area contributed by atoms with Gasteiger partial charge in [-0.3, -0.25) is 0 Å². The van der Waals surface area contributed by atoms with Gasteiger partial charge in [-0.15, -0.1) is 11.3 Å². The maximum Gasteiger partial charge on any atom is 0.178 e. The van der Waals surface area contributed by atoms with Crippen molar-refractivity contribution >= 4 is 66.4 Å². The molecule has 98 valence electrons. The summed E-state index contributed by atoms with van der Waals surface area (Å²) >= 11 is 14.1. The molecule has 0 amide bonds. The molecule has 0 bridgehead atoms. The van der Waals surface area contributed by atoms with E-state index in [0.29, 0.717) is 0 Å². The van der Waals surface area contributed by atoms with Gasteiger partial charge >= 0.3 is 0 Å². The van der Waals surface area contributed by atoms with E-state index in [2.05, 4.69) is 65.7 Å². The summed E-state index contributed by atoms with van der Waals surface area (Å²) in [6.45, 7) is 0.896. The van der Waals surface area contributed by atoms with Gasteiger partial charge in [-0.2, -0.15) is 0 Å². The van der Waals surface area contributed by atoms with Gasteiger partial charge in [0.1, 0.15) is 0 Å². The minimum absolute atomic E-state index is 0.781. The van der Waals surface area contributed by atoms with Gasteiger partial charge in [-0.05, 0) is 64.9 Å². The van der Waals surface area contributed by atoms with E-state index in [9.17, 15) is 0 Å². The zero-order valence-electron chi connectivity index (χ0n) is 9.82. The van der Waals surface area contributed by atoms with Crippen LogP contribution in [0.25, 0.3) is 11.0 Å². The highest BCUT2D eigenvalue weighted by atomic mass is 79.9. The smallest absolute Gasteiger partial charge is 0.178 e. The molecule has 2 nitrogen and oxygen atoms in total. The van der Waals surface area contributed by atoms with E-state index in [-0.39, 0.29) is 0 Å². The van der Waals surface area contributed by atoms with E-state index in [0.717, 1.165) is 33.2 Å². The SMILES string of the molecule is S=c1[nH]c2cc(Br)ccc2n1CCc1ccc(Br)s1. The van der Waals surface area contributed by atoms with Crippen molar-refractivity contribution in [3.05, 3.63) is 48.2 Å². The maximum absolute atomic E-state index is 5.40. The summed E-state index contributed by atoms with van der Waals surface area (Å²) in [7, 11) is 0. The molecule has 3 rings (SSSR count). The monoisotopic (exact) mass is 416 g/mol. The predicted molar refractivity (Wildman–Crippen MR) is 90.5 cm³/mol. The van der Waals surface area contributed by atoms with Crippen LogP contribution in [-0.2, 0) is 13.0 Å². The van der Waals surface area contributed by atoms with Crippen LogP contribution in [0.15, 0.2) is 38.6 Å². The number of hydrogen-bond donors (Lipinski definition) is 1. The Hall–Kier alpha value is -0.430. The van der Waals surface area contributed by atoms with Gasteiger partial charge in [0.25, 0.3) is 0 Å². The standard InChI is InChI=1S/C13H10Br2N2S2/c14-8-1-3-11-10(7-8)16-13(18)17(11)6-5-9-2-4-12(15)19-9/h1-4,7H,5-6H2,(H,16,18). The number of benzene rings is 1. The number of rotatable bonds is 3. The van der Waals surface area contributed by atoms with Crippen molar-refractivity contribution < 1.29 is 0 Å². The topological polar surface area (TPSA) is 20.7 Å². The second-order valence-corrected chi connectivity index (χ2v) is 8.05. The van der Waals surface area contributed by atoms with E-state index < -0.39 is 0 Å². The number of fused-ring (bicyclic) bond motifs is 1. The summed E-state index contributed by atoms with van der Waals surface area (Å²) in [6, 6.07) is 10.4. The Bertz CT molecular complexity index is 785. The number of nitrogens with one attached hydrogen (secondary N) is 1. The molecule has 0 saturated heterocycles. The fraction of sp³-hybridized carbons (Fsp3) is 0.154. The van der Waals surface area contributed by atoms with Gasteiger partial charge in [0, 0.05) is 15.9 Å². The van der Waals surface area contributed by atoms with Gasteiger partial charge in [-0.25, -0.2) is 0 Å². The number of aromatic nitrogens is 2. The molecule has 0 saturated carbocycles. The zero-order valence-corrected chi connectivity index (χ0v) is 14.6. The first-order valence-electron chi connectivity index (χ1n) is 5.76. The van der Waals surface area contributed by atoms with Crippen LogP contribution >= 0.6 is 55.4 Å². The number of imidazole rings is 1. The third-order valence-electron chi connectivity index (χ3n) is 2.95. The first-order valence-corrected chi connectivity index (χ1v) is 8.57. The lowest BCUT2D eigenvalue weighted by Gasteiger charge is -2.03. The average molecular weight is 418 g/mol. The predicted octanol–water partition coefficient (Wildman–Crippen LogP) is 5.53. The van der Waals surface area contributed by atoms with Crippen LogP contribution in [0, 0.1) is 4.77 Å². The minimum atomic E-state index is 0.781. The fourth-order valence-electron chi connectivity index (χ4n) is 2.07. The zero-order chi connectivity index (χ0) is 13.4. The second-order valence-electron chi connectivity index (χ2n) is 4.20. The van der Waals surface area contributed by atoms with Crippen molar-refractivity contribution in [2.75, 3.05) is 0 Å². The summed E-state index contributed by atoms with van der Waals surface area (Å²) < 4.78 is 5.17. The normalized spacial score (nSPS) is 11.3. The van der Waals surface area contributed by atoms with E-state index in [1.165, 1.54) is 8.66 Å². The first kappa shape index (κ1) is 13.5. The van der Waals surface area contributed by atoms with Crippen molar-refractivity contribution in [2.24, 2.45) is 0 Å². The number of halogens is 2. The molecular formula is C13H10Br2N2S2. The number of hydrogen-bond acceptors (Lipinski definition) is 2. The van der Waals surface area contributed by atoms with Crippen LogP contribution in [0.5, 0.6) is 0 Å². The lowest BCUT2D eigenvalue weighted by molar-refractivity contribution is 0.712. The lowest BCUT2D eigenvalue weighted by atomic mass is 10.3. The molecule has 0 unspecified atom stereocenters. The number of aromatic amines is 1. The van der Waals surface area contributed by atoms with E-state index in [4.69, 9.17) is 12.2 Å². The number of thiophene rings is 1. The van der Waals surface area contributed by atoms with E-state index in [1.54, 1.807) is 11.3 Å². The van der Waals surface area contributed by atoms with Crippen LogP contribution in [0.4, 0.5) is 0 Å². The average Bonchev–Trinajstić information content (AvgIpc) is 2.89. The molecule has 6 heteroatoms. The van der Waals surface area contributed by atoms with Crippen LogP contribution in [0.3, 0.4) is 0 Å². The Balaban J connectivity index is 1.92. The quantitative estimate of drug-likeness (QED) is 0.555. The van der Waals surface area contributed by atoms with Gasteiger partial charge in [0.15, 0.2) is 4.77 Å². The summed E-state index contributed by atoms with van der Waals surface area (Å²) in [4.78, 5) is 4.61. The third-order valence-corrected chi connectivity index (χ3v) is 5.45. The Kier molecular flexibility index (Phi) is 3.93. The Labute approximate surface area is 136 Å². The van der Waals surface area contributed by atoms with Crippen molar-refractivity contribution in [3.8, 4) is 0 Å². The first-order chi connectivity index (χ1) is 9.13. The summed E-state index contributed by atoms with van der Waals surface area (Å²) in [5, 5.41) is 0. The molecule has 0 aliphatic heterocycles. The van der Waals surface area contributed by atoms with Crippen molar-refractivity contribution in [1.82, 2.24) is 9.55 Å². The second kappa shape index (κ2) is 5.52. The fourth-order valence-corrected chi connectivity index (χ4v) is 4.20. The Morgan fingerprint density at radius 3 is 2.79 bits per heavy atom. The molecule has 1 N–H and O–H groups in total. The van der Waals surface area contributed by atoms with E-state index >= 15 is 0 Å². The maximum atomic E-state index is 5.40. The molecule has 0 aliphatic rings. The van der Waals surface area contributed by atoms with Crippen molar-refractivity contribution in [2.45, 2.75) is 13.0 Å². The molecule has 19 heavy (non-hydrogen) atoms. The highest BCUT2D eigenvalue weighted by Crippen LogP contribution is 2.24. The molecular weight excluding hydrogens is 408 g/mol. The van der Waals surface area contributed by atoms with Gasteiger partial charge < -0.3 is 9.55 Å². The van der Waals surface area contributed by atoms with Crippen molar-refractivity contribution in [3.63, 3.8) is 0 Å². The van der Waals surface area contributed by atoms with E-state index in [1.807, 2.05) is 6.07 Å². The molecule has 0 spiro atoms. The van der Waals surface area contributed by atoms with Crippen LogP contribution in [-0.4, -0.2) is 9.55 Å². The van der Waals surface area contributed by atoms with Crippen LogP contribution in [0.2, 0.25) is 0 Å². The van der Waals surface area contributed by atoms with Crippen molar-refractivity contribution in [1.29, 1.82) is 0 Å². The highest BCUT2D eigenvalue weighted by molar-refractivity contribution is 9.11. The van der Waals surface area contributed by atoms with Crippen LogP contribution < -0.4 is 0 Å². The minimum Gasteiger partial charge on any atom is -0.331 e. The number of H-pyrrole nitrogens is 1. The largest absolute Gasteiger partial charge is 0.331 e. The highest BCUT2D eigenvalue weighted by Gasteiger charge is 2.06. The summed E-state index contributed by atoms with van der Waals surface area (Å²) in [6.07, 6.45) is 0.994. The molecule has 1 aromatic carbocycles. The molecule has 0 fully saturated rings. The summed E-state index contributed by atoms with van der Waals surface area (Å²) in [5.74, 6) is 0. The molecule has 0 atom stereocenters. The third kappa shape index (κ3) is 2.86. The molecule has 2 aromatic heterocycles.